The zero-order valence-corrected chi connectivity index (χ0v) is 31.1. The van der Waals surface area contributed by atoms with Gasteiger partial charge in [0, 0.05) is 50.2 Å². The summed E-state index contributed by atoms with van der Waals surface area (Å²) in [6.07, 6.45) is 7.10. The Kier molecular flexibility index (Phi) is 10.4. The highest BCUT2D eigenvalue weighted by molar-refractivity contribution is 7.87. The number of carbonyl (C=O) groups is 2. The van der Waals surface area contributed by atoms with Gasteiger partial charge in [0.1, 0.15) is 5.75 Å². The number of halogens is 1. The Labute approximate surface area is 310 Å². The van der Waals surface area contributed by atoms with E-state index in [1.54, 1.807) is 25.3 Å². The third-order valence-electron chi connectivity index (χ3n) is 12.0. The van der Waals surface area contributed by atoms with E-state index in [-0.39, 0.29) is 49.9 Å². The van der Waals surface area contributed by atoms with Crippen molar-refractivity contribution in [2.45, 2.75) is 81.0 Å². The molecule has 12 nitrogen and oxygen atoms in total. The van der Waals surface area contributed by atoms with E-state index in [4.69, 9.17) is 16.3 Å². The molecule has 4 N–H and O–H groups in total. The molecule has 1 saturated carbocycles. The molecule has 5 aliphatic rings. The van der Waals surface area contributed by atoms with Crippen molar-refractivity contribution in [2.75, 3.05) is 51.3 Å². The van der Waals surface area contributed by atoms with Crippen LogP contribution in [0.15, 0.2) is 48.6 Å². The molecule has 3 heterocycles. The quantitative estimate of drug-likeness (QED) is 0.346. The maximum Gasteiger partial charge on any atom is 0.303 e. The maximum atomic E-state index is 14.1. The number of nitrogens with one attached hydrogen (secondary N) is 1. The number of piperidine rings is 1. The lowest BCUT2D eigenvalue weighted by molar-refractivity contribution is -0.148. The summed E-state index contributed by atoms with van der Waals surface area (Å²) in [6, 6.07) is 10.9. The molecule has 5 atom stereocenters. The molecule has 2 aromatic rings. The first kappa shape index (κ1) is 37.1. The van der Waals surface area contributed by atoms with Gasteiger partial charge in [0.2, 0.25) is 5.91 Å². The van der Waals surface area contributed by atoms with E-state index in [0.29, 0.717) is 42.6 Å². The Bertz CT molecular complexity index is 1830. The largest absolute Gasteiger partial charge is 0.490 e. The summed E-state index contributed by atoms with van der Waals surface area (Å²) in [5.41, 5.74) is 0.0954. The van der Waals surface area contributed by atoms with Crippen LogP contribution in [0, 0.1) is 11.8 Å². The number of rotatable bonds is 3. The number of ether oxygens (including phenoxy) is 1. The van der Waals surface area contributed by atoms with Crippen LogP contribution in [0.3, 0.4) is 0 Å². The lowest BCUT2D eigenvalue weighted by Crippen LogP contribution is -2.54. The zero-order chi connectivity index (χ0) is 36.8. The standard InChI is InChI=1S/C38H49ClN4O8S/c1-41-16-3-2-6-33(45)30-10-7-26(30)22-42-23-37(15-4-5-25-19-28(39)9-11-31(25)37)24-51-34-12-8-27(20-32(34)42)38(48,21-35(41)46)36(47)40-52(49,50)43-17-13-29(44)14-18-43/h2,6,8-9,11-12,19-20,26,29-30,33,44-45,48H,3-5,7,10,13-18,21-24H2,1H3,(H,40,47)/t26-,30+,33-,37-,38+/m0/s1. The fourth-order valence-electron chi connectivity index (χ4n) is 8.71. The maximum absolute atomic E-state index is 14.1. The molecular weight excluding hydrogens is 708 g/mol. The molecule has 3 aliphatic heterocycles. The molecule has 1 saturated heterocycles. The molecule has 14 heteroatoms. The Morgan fingerprint density at radius 2 is 1.85 bits per heavy atom. The minimum absolute atomic E-state index is 0.0104. The van der Waals surface area contributed by atoms with Crippen LogP contribution in [0.25, 0.3) is 0 Å². The summed E-state index contributed by atoms with van der Waals surface area (Å²) >= 11 is 6.44. The lowest BCUT2D eigenvalue weighted by atomic mass is 9.68. The summed E-state index contributed by atoms with van der Waals surface area (Å²) in [7, 11) is -2.84. The minimum Gasteiger partial charge on any atom is -0.490 e. The van der Waals surface area contributed by atoms with Gasteiger partial charge in [0.25, 0.3) is 5.91 Å². The van der Waals surface area contributed by atoms with Crippen LogP contribution in [0.2, 0.25) is 5.02 Å². The van der Waals surface area contributed by atoms with Crippen LogP contribution in [0.4, 0.5) is 5.69 Å². The van der Waals surface area contributed by atoms with Crippen molar-refractivity contribution >= 4 is 39.3 Å². The number of hydrogen-bond donors (Lipinski definition) is 4. The Hall–Kier alpha value is -3.20. The highest BCUT2D eigenvalue weighted by Crippen LogP contribution is 2.47. The van der Waals surface area contributed by atoms with Gasteiger partial charge in [-0.2, -0.15) is 12.7 Å². The number of aliphatic hydroxyl groups excluding tert-OH is 2. The number of anilines is 1. The van der Waals surface area contributed by atoms with Crippen LogP contribution >= 0.6 is 11.6 Å². The molecule has 7 rings (SSSR count). The zero-order valence-electron chi connectivity index (χ0n) is 29.5. The first-order chi connectivity index (χ1) is 24.8. The Morgan fingerprint density at radius 3 is 2.60 bits per heavy atom. The number of aliphatic hydroxyl groups is 3. The monoisotopic (exact) mass is 756 g/mol. The van der Waals surface area contributed by atoms with Crippen LogP contribution in [0.1, 0.15) is 68.1 Å². The van der Waals surface area contributed by atoms with Gasteiger partial charge in [-0.1, -0.05) is 35.9 Å². The normalized spacial score (nSPS) is 30.5. The molecule has 282 valence electrons. The van der Waals surface area contributed by atoms with Crippen molar-refractivity contribution in [3.63, 3.8) is 0 Å². The lowest BCUT2D eigenvalue weighted by Gasteiger charge is -2.45. The van der Waals surface area contributed by atoms with Crippen molar-refractivity contribution < 1.29 is 38.1 Å². The van der Waals surface area contributed by atoms with Crippen LogP contribution in [-0.2, 0) is 37.2 Å². The molecule has 52 heavy (non-hydrogen) atoms. The smallest absolute Gasteiger partial charge is 0.303 e. The van der Waals surface area contributed by atoms with E-state index in [2.05, 4.69) is 15.7 Å². The van der Waals surface area contributed by atoms with Crippen molar-refractivity contribution in [1.82, 2.24) is 13.9 Å². The second-order valence-electron chi connectivity index (χ2n) is 15.4. The summed E-state index contributed by atoms with van der Waals surface area (Å²) < 4.78 is 36.6. The van der Waals surface area contributed by atoms with E-state index in [1.165, 1.54) is 22.1 Å². The first-order valence-electron chi connectivity index (χ1n) is 18.4. The van der Waals surface area contributed by atoms with E-state index in [0.717, 1.165) is 36.4 Å². The predicted octanol–water partition coefficient (Wildman–Crippen LogP) is 3.01. The van der Waals surface area contributed by atoms with Crippen LogP contribution < -0.4 is 14.4 Å². The van der Waals surface area contributed by atoms with Gasteiger partial charge < -0.3 is 29.9 Å². The molecule has 2 aliphatic carbocycles. The average Bonchev–Trinajstić information content (AvgIpc) is 3.24. The number of benzene rings is 2. The molecule has 1 spiro atoms. The van der Waals surface area contributed by atoms with E-state index in [9.17, 15) is 33.3 Å². The first-order valence-corrected chi connectivity index (χ1v) is 20.2. The number of nitrogens with zero attached hydrogens (tertiary/aromatic N) is 3. The van der Waals surface area contributed by atoms with Gasteiger partial charge in [0.05, 0.1) is 30.9 Å². The van der Waals surface area contributed by atoms with Crippen LogP contribution in [-0.4, -0.2) is 103 Å². The van der Waals surface area contributed by atoms with Crippen molar-refractivity contribution in [2.24, 2.45) is 11.8 Å². The summed E-state index contributed by atoms with van der Waals surface area (Å²) in [6.45, 7) is 1.83. The Morgan fingerprint density at radius 1 is 1.06 bits per heavy atom. The van der Waals surface area contributed by atoms with Crippen molar-refractivity contribution in [3.05, 3.63) is 70.3 Å². The minimum atomic E-state index is -4.41. The SMILES string of the molecule is CN1CCC=C[C@H](O)[C@@H]2CC[C@H]2CN2C[C@@]3(CCCc4cc(Cl)ccc43)COc3ccc(cc32)[C@@](O)(C(=O)NS(=O)(=O)N2CCC(O)CC2)CC1=O. The third-order valence-corrected chi connectivity index (χ3v) is 13.8. The van der Waals surface area contributed by atoms with Gasteiger partial charge in [0.15, 0.2) is 5.60 Å². The molecule has 2 amide bonds. The Balaban J connectivity index is 1.31. The van der Waals surface area contributed by atoms with Gasteiger partial charge in [-0.05, 0) is 104 Å². The second-order valence-corrected chi connectivity index (χ2v) is 17.5. The fourth-order valence-corrected chi connectivity index (χ4v) is 10.1. The summed E-state index contributed by atoms with van der Waals surface area (Å²) in [4.78, 5) is 31.4. The molecule has 0 radical (unpaired) electrons. The summed E-state index contributed by atoms with van der Waals surface area (Å²) in [5.74, 6) is -1.05. The molecular formula is C38H49ClN4O8S. The topological polar surface area (TPSA) is 160 Å². The number of fused-ring (bicyclic) bond motifs is 4. The highest BCUT2D eigenvalue weighted by atomic mass is 35.5. The molecule has 2 fully saturated rings. The van der Waals surface area contributed by atoms with Gasteiger partial charge in [-0.25, -0.2) is 4.72 Å². The van der Waals surface area contributed by atoms with Gasteiger partial charge in [-0.15, -0.1) is 0 Å². The second kappa shape index (κ2) is 14.6. The highest BCUT2D eigenvalue weighted by Gasteiger charge is 2.47. The average molecular weight is 757 g/mol. The number of aryl methyl sites for hydroxylation is 1. The van der Waals surface area contributed by atoms with Crippen LogP contribution in [0.5, 0.6) is 5.75 Å². The number of hydrogen-bond acceptors (Lipinski definition) is 9. The summed E-state index contributed by atoms with van der Waals surface area (Å²) in [5, 5.41) is 34.2. The fraction of sp³-hybridized carbons (Fsp3) is 0.579. The van der Waals surface area contributed by atoms with E-state index in [1.807, 2.05) is 18.2 Å². The van der Waals surface area contributed by atoms with Gasteiger partial charge in [-0.3, -0.25) is 9.59 Å². The third kappa shape index (κ3) is 7.20. The van der Waals surface area contributed by atoms with Crippen molar-refractivity contribution in [1.29, 1.82) is 0 Å². The predicted molar refractivity (Wildman–Crippen MR) is 196 cm³/mol. The van der Waals surface area contributed by atoms with Crippen molar-refractivity contribution in [3.8, 4) is 5.75 Å². The van der Waals surface area contributed by atoms with Gasteiger partial charge >= 0.3 is 10.2 Å². The molecule has 0 unspecified atom stereocenters. The van der Waals surface area contributed by atoms with E-state index >= 15 is 0 Å². The number of amides is 2. The molecule has 2 aromatic carbocycles. The molecule has 0 aromatic heterocycles. The number of carbonyl (C=O) groups excluding carboxylic acids is 2. The van der Waals surface area contributed by atoms with E-state index < -0.39 is 51.7 Å². The molecule has 2 bridgehead atoms.